The van der Waals surface area contributed by atoms with Gasteiger partial charge in [0.05, 0.1) is 7.11 Å². The van der Waals surface area contributed by atoms with Crippen LogP contribution in [0.25, 0.3) is 0 Å². The number of carbonyl (C=O) groups is 1. The number of hydrogen-bond acceptors (Lipinski definition) is 6. The summed E-state index contributed by atoms with van der Waals surface area (Å²) in [5.41, 5.74) is 2.68. The van der Waals surface area contributed by atoms with E-state index in [-0.39, 0.29) is 34.8 Å². The first-order valence-corrected chi connectivity index (χ1v) is 9.02. The maximum Gasteiger partial charge on any atom is 0.200 e. The van der Waals surface area contributed by atoms with Crippen molar-refractivity contribution in [3.8, 4) is 23.0 Å². The number of aryl methyl sites for hydroxylation is 1. The zero-order valence-corrected chi connectivity index (χ0v) is 15.6. The minimum atomic E-state index is -0.284. The second-order valence-corrected chi connectivity index (χ2v) is 7.01. The number of ketones is 1. The molecule has 0 aliphatic carbocycles. The molecular weight excluding hydrogens is 346 g/mol. The summed E-state index contributed by atoms with van der Waals surface area (Å²) in [6.45, 7) is 0.760. The van der Waals surface area contributed by atoms with Crippen LogP contribution in [0.3, 0.4) is 0 Å². The Morgan fingerprint density at radius 2 is 1.93 bits per heavy atom. The van der Waals surface area contributed by atoms with E-state index in [4.69, 9.17) is 4.74 Å². The third-order valence-electron chi connectivity index (χ3n) is 5.21. The highest BCUT2D eigenvalue weighted by atomic mass is 16.5. The molecule has 6 nitrogen and oxygen atoms in total. The average Bonchev–Trinajstić information content (AvgIpc) is 2.65. The predicted molar refractivity (Wildman–Crippen MR) is 101 cm³/mol. The van der Waals surface area contributed by atoms with Crippen LogP contribution in [0.5, 0.6) is 23.0 Å². The van der Waals surface area contributed by atoms with Gasteiger partial charge in [0.15, 0.2) is 11.5 Å². The molecule has 1 aliphatic heterocycles. The smallest absolute Gasteiger partial charge is 0.200 e. The monoisotopic (exact) mass is 371 g/mol. The topological polar surface area (TPSA) is 90.2 Å². The van der Waals surface area contributed by atoms with Crippen LogP contribution in [0.1, 0.15) is 35.6 Å². The van der Waals surface area contributed by atoms with E-state index < -0.39 is 0 Å². The van der Waals surface area contributed by atoms with Gasteiger partial charge >= 0.3 is 0 Å². The van der Waals surface area contributed by atoms with Crippen molar-refractivity contribution in [1.82, 2.24) is 4.90 Å². The van der Waals surface area contributed by atoms with E-state index in [0.717, 1.165) is 23.2 Å². The summed E-state index contributed by atoms with van der Waals surface area (Å²) in [7, 11) is 3.40. The maximum atomic E-state index is 12.6. The van der Waals surface area contributed by atoms with Gasteiger partial charge < -0.3 is 20.1 Å². The molecule has 1 aliphatic rings. The number of carbonyl (C=O) groups excluding carboxylic acids is 1. The van der Waals surface area contributed by atoms with Gasteiger partial charge in [0.2, 0.25) is 5.75 Å². The fraction of sp³-hybridized carbons (Fsp3) is 0.381. The second-order valence-electron chi connectivity index (χ2n) is 7.01. The van der Waals surface area contributed by atoms with Crippen LogP contribution in [-0.2, 0) is 17.6 Å². The number of benzene rings is 2. The molecule has 2 aromatic rings. The Kier molecular flexibility index (Phi) is 5.56. The highest BCUT2D eigenvalue weighted by molar-refractivity contribution is 5.80. The molecule has 0 fully saturated rings. The number of Topliss-reactive ketones (excluding diaryl/α,β-unsaturated/α-hetero) is 1. The Morgan fingerprint density at radius 3 is 2.59 bits per heavy atom. The zero-order chi connectivity index (χ0) is 19.6. The molecule has 0 radical (unpaired) electrons. The Bertz CT molecular complexity index is 831. The van der Waals surface area contributed by atoms with Gasteiger partial charge in [0.1, 0.15) is 11.5 Å². The van der Waals surface area contributed by atoms with E-state index in [2.05, 4.69) is 4.90 Å². The molecule has 0 spiro atoms. The number of hydrogen-bond donors (Lipinski definition) is 3. The molecule has 3 N–H and O–H groups in total. The lowest BCUT2D eigenvalue weighted by Gasteiger charge is -2.35. The molecule has 2 aromatic carbocycles. The fourth-order valence-corrected chi connectivity index (χ4v) is 3.67. The van der Waals surface area contributed by atoms with Crippen molar-refractivity contribution < 1.29 is 24.9 Å². The lowest BCUT2D eigenvalue weighted by Crippen LogP contribution is -2.34. The molecule has 0 bridgehead atoms. The number of nitrogens with zero attached hydrogens (tertiary/aromatic N) is 1. The molecule has 3 rings (SSSR count). The van der Waals surface area contributed by atoms with Gasteiger partial charge in [-0.25, -0.2) is 0 Å². The summed E-state index contributed by atoms with van der Waals surface area (Å²) in [4.78, 5) is 14.7. The Morgan fingerprint density at radius 1 is 1.22 bits per heavy atom. The first kappa shape index (κ1) is 19.0. The van der Waals surface area contributed by atoms with Crippen molar-refractivity contribution in [2.45, 2.75) is 31.7 Å². The summed E-state index contributed by atoms with van der Waals surface area (Å²) in [6.07, 6.45) is 2.04. The number of ether oxygens (including phenoxy) is 1. The standard InChI is InChI=1S/C21H25NO5/c1-22-10-9-14-11-18(25)20(26)21(27-2)19(14)17(22)12-16(24)8-5-13-3-6-15(23)7-4-13/h3-4,6-7,11,17,23,25-26H,5,8-10,12H2,1-2H3. The molecule has 0 amide bonds. The normalized spacial score (nSPS) is 16.7. The van der Waals surface area contributed by atoms with E-state index in [0.29, 0.717) is 25.7 Å². The highest BCUT2D eigenvalue weighted by Crippen LogP contribution is 2.47. The van der Waals surface area contributed by atoms with Crippen molar-refractivity contribution in [2.24, 2.45) is 0 Å². The number of phenolic OH excluding ortho intramolecular Hbond substituents is 3. The van der Waals surface area contributed by atoms with Gasteiger partial charge in [-0.3, -0.25) is 9.69 Å². The van der Waals surface area contributed by atoms with Crippen molar-refractivity contribution in [3.05, 3.63) is 47.0 Å². The number of phenols is 3. The Balaban J connectivity index is 1.77. The molecule has 1 atom stereocenters. The van der Waals surface area contributed by atoms with Crippen molar-refractivity contribution in [3.63, 3.8) is 0 Å². The van der Waals surface area contributed by atoms with Crippen LogP contribution in [0, 0.1) is 0 Å². The van der Waals surface area contributed by atoms with Gasteiger partial charge in [-0.2, -0.15) is 0 Å². The molecular formula is C21H25NO5. The lowest BCUT2D eigenvalue weighted by atomic mass is 9.87. The van der Waals surface area contributed by atoms with E-state index in [1.54, 1.807) is 18.2 Å². The largest absolute Gasteiger partial charge is 0.508 e. The van der Waals surface area contributed by atoms with Gasteiger partial charge in [-0.05, 0) is 49.2 Å². The quantitative estimate of drug-likeness (QED) is 0.677. The predicted octanol–water partition coefficient (Wildman–Crippen LogP) is 2.93. The second kappa shape index (κ2) is 7.88. The average molecular weight is 371 g/mol. The number of methoxy groups -OCH3 is 1. The molecule has 1 unspecified atom stereocenters. The minimum Gasteiger partial charge on any atom is -0.508 e. The summed E-state index contributed by atoms with van der Waals surface area (Å²) >= 11 is 0. The summed E-state index contributed by atoms with van der Waals surface area (Å²) < 4.78 is 5.35. The third-order valence-corrected chi connectivity index (χ3v) is 5.21. The summed E-state index contributed by atoms with van der Waals surface area (Å²) in [6, 6.07) is 8.22. The Labute approximate surface area is 158 Å². The maximum absolute atomic E-state index is 12.6. The van der Waals surface area contributed by atoms with Crippen LogP contribution in [0.2, 0.25) is 0 Å². The van der Waals surface area contributed by atoms with Crippen molar-refractivity contribution >= 4 is 5.78 Å². The van der Waals surface area contributed by atoms with E-state index in [9.17, 15) is 20.1 Å². The molecule has 144 valence electrons. The molecule has 27 heavy (non-hydrogen) atoms. The number of likely N-dealkylation sites (N-methyl/N-ethyl adjacent to an activating group) is 1. The zero-order valence-electron chi connectivity index (χ0n) is 15.6. The van der Waals surface area contributed by atoms with E-state index >= 15 is 0 Å². The van der Waals surface area contributed by atoms with E-state index in [1.165, 1.54) is 7.11 Å². The Hall–Kier alpha value is -2.73. The van der Waals surface area contributed by atoms with Gasteiger partial charge in [-0.1, -0.05) is 12.1 Å². The number of rotatable bonds is 6. The highest BCUT2D eigenvalue weighted by Gasteiger charge is 2.32. The van der Waals surface area contributed by atoms with Gasteiger partial charge in [-0.15, -0.1) is 0 Å². The lowest BCUT2D eigenvalue weighted by molar-refractivity contribution is -0.120. The van der Waals surface area contributed by atoms with Gasteiger partial charge in [0.25, 0.3) is 0 Å². The number of aromatic hydroxyl groups is 3. The SMILES string of the molecule is COc1c(O)c(O)cc2c1C(CC(=O)CCc1ccc(O)cc1)N(C)CC2. The van der Waals surface area contributed by atoms with Crippen LogP contribution in [0.4, 0.5) is 0 Å². The fourth-order valence-electron chi connectivity index (χ4n) is 3.67. The van der Waals surface area contributed by atoms with E-state index in [1.807, 2.05) is 19.2 Å². The minimum absolute atomic E-state index is 0.113. The number of fused-ring (bicyclic) bond motifs is 1. The van der Waals surface area contributed by atoms with Crippen molar-refractivity contribution in [2.75, 3.05) is 20.7 Å². The van der Waals surface area contributed by atoms with Crippen LogP contribution >= 0.6 is 0 Å². The van der Waals surface area contributed by atoms with Crippen molar-refractivity contribution in [1.29, 1.82) is 0 Å². The summed E-state index contributed by atoms with van der Waals surface area (Å²) in [5, 5.41) is 29.4. The van der Waals surface area contributed by atoms with Gasteiger partial charge in [0, 0.05) is 31.0 Å². The first-order valence-electron chi connectivity index (χ1n) is 9.02. The van der Waals surface area contributed by atoms with Crippen LogP contribution in [-0.4, -0.2) is 46.7 Å². The van der Waals surface area contributed by atoms with Crippen LogP contribution in [0.15, 0.2) is 30.3 Å². The molecule has 0 aromatic heterocycles. The third kappa shape index (κ3) is 4.01. The molecule has 1 heterocycles. The summed E-state index contributed by atoms with van der Waals surface area (Å²) in [5.74, 6) is 0.0802. The molecule has 0 saturated carbocycles. The molecule has 0 saturated heterocycles. The first-order chi connectivity index (χ1) is 12.9. The van der Waals surface area contributed by atoms with Crippen LogP contribution < -0.4 is 4.74 Å². The molecule has 6 heteroatoms.